The van der Waals surface area contributed by atoms with E-state index in [-0.39, 0.29) is 11.9 Å². The fourth-order valence-corrected chi connectivity index (χ4v) is 1.65. The lowest BCUT2D eigenvalue weighted by molar-refractivity contribution is 0.0933. The van der Waals surface area contributed by atoms with Crippen LogP contribution in [-0.2, 0) is 6.54 Å². The Morgan fingerprint density at radius 1 is 1.59 bits per heavy atom. The second-order valence-corrected chi connectivity index (χ2v) is 4.31. The van der Waals surface area contributed by atoms with Crippen LogP contribution in [0.4, 0.5) is 5.69 Å². The molecule has 3 N–H and O–H groups in total. The summed E-state index contributed by atoms with van der Waals surface area (Å²) in [6, 6.07) is 0.161. The highest BCUT2D eigenvalue weighted by atomic mass is 16.2. The van der Waals surface area contributed by atoms with Crippen LogP contribution >= 0.6 is 0 Å². The van der Waals surface area contributed by atoms with Crippen molar-refractivity contribution in [3.05, 3.63) is 11.9 Å². The summed E-state index contributed by atoms with van der Waals surface area (Å²) >= 11 is 0. The van der Waals surface area contributed by atoms with Crippen LogP contribution < -0.4 is 11.1 Å². The first-order valence-corrected chi connectivity index (χ1v) is 6.22. The molecule has 0 aliphatic rings. The number of nitrogens with two attached hydrogens (primary N) is 1. The zero-order chi connectivity index (χ0) is 12.8. The molecule has 0 aliphatic carbocycles. The van der Waals surface area contributed by atoms with Crippen molar-refractivity contribution in [3.63, 3.8) is 0 Å². The summed E-state index contributed by atoms with van der Waals surface area (Å²) in [6.07, 6.45) is 4.91. The van der Waals surface area contributed by atoms with Crippen molar-refractivity contribution in [1.29, 1.82) is 0 Å². The van der Waals surface area contributed by atoms with E-state index < -0.39 is 0 Å². The number of amides is 1. The van der Waals surface area contributed by atoms with E-state index in [0.717, 1.165) is 19.3 Å². The Labute approximate surface area is 102 Å². The zero-order valence-electron chi connectivity index (χ0n) is 10.9. The van der Waals surface area contributed by atoms with Gasteiger partial charge in [0.2, 0.25) is 0 Å². The topological polar surface area (TPSA) is 72.9 Å². The van der Waals surface area contributed by atoms with Gasteiger partial charge in [-0.1, -0.05) is 19.8 Å². The number of hydrogen-bond acceptors (Lipinski definition) is 3. The highest BCUT2D eigenvalue weighted by molar-refractivity contribution is 5.97. The molecule has 17 heavy (non-hydrogen) atoms. The van der Waals surface area contributed by atoms with Gasteiger partial charge in [0, 0.05) is 18.8 Å². The summed E-state index contributed by atoms with van der Waals surface area (Å²) in [7, 11) is 0. The van der Waals surface area contributed by atoms with Crippen LogP contribution in [0.3, 0.4) is 0 Å². The molecule has 1 amide bonds. The van der Waals surface area contributed by atoms with E-state index in [2.05, 4.69) is 17.3 Å². The molecule has 5 nitrogen and oxygen atoms in total. The third-order valence-electron chi connectivity index (χ3n) is 2.70. The molecule has 1 aromatic rings. The summed E-state index contributed by atoms with van der Waals surface area (Å²) in [5, 5.41) is 7.06. The second-order valence-electron chi connectivity index (χ2n) is 4.31. The van der Waals surface area contributed by atoms with Crippen molar-refractivity contribution < 1.29 is 4.79 Å². The molecule has 0 saturated heterocycles. The van der Waals surface area contributed by atoms with Crippen LogP contribution in [-0.4, -0.2) is 21.7 Å². The summed E-state index contributed by atoms with van der Waals surface area (Å²) in [6.45, 7) is 6.80. The third-order valence-corrected chi connectivity index (χ3v) is 2.70. The van der Waals surface area contributed by atoms with Gasteiger partial charge in [0.15, 0.2) is 5.69 Å². The molecule has 1 unspecified atom stereocenters. The highest BCUT2D eigenvalue weighted by Crippen LogP contribution is 2.09. The van der Waals surface area contributed by atoms with Crippen LogP contribution in [0.5, 0.6) is 0 Å². The predicted octanol–water partition coefficient (Wildman–Crippen LogP) is 1.79. The lowest BCUT2D eigenvalue weighted by atomic mass is 10.1. The molecule has 1 heterocycles. The minimum Gasteiger partial charge on any atom is -0.396 e. The Hall–Kier alpha value is -1.52. The normalized spacial score (nSPS) is 12.4. The Kier molecular flexibility index (Phi) is 5.00. The van der Waals surface area contributed by atoms with Crippen LogP contribution in [0.1, 0.15) is 50.5 Å². The summed E-state index contributed by atoms with van der Waals surface area (Å²) in [5.41, 5.74) is 6.52. The molecule has 1 aromatic heterocycles. The van der Waals surface area contributed by atoms with Gasteiger partial charge in [0.05, 0.1) is 5.69 Å². The number of carbonyl (C=O) groups excluding carboxylic acids is 1. The van der Waals surface area contributed by atoms with E-state index in [9.17, 15) is 4.79 Å². The Bertz CT molecular complexity index is 373. The maximum atomic E-state index is 11.9. The van der Waals surface area contributed by atoms with Crippen molar-refractivity contribution in [2.45, 2.75) is 52.6 Å². The molecule has 1 atom stereocenters. The number of unbranched alkanes of at least 4 members (excludes halogenated alkanes) is 1. The van der Waals surface area contributed by atoms with E-state index in [1.807, 2.05) is 13.8 Å². The second kappa shape index (κ2) is 6.27. The van der Waals surface area contributed by atoms with Gasteiger partial charge in [0.25, 0.3) is 5.91 Å². The molecule has 0 spiro atoms. The number of rotatable bonds is 6. The smallest absolute Gasteiger partial charge is 0.274 e. The van der Waals surface area contributed by atoms with Gasteiger partial charge in [-0.15, -0.1) is 0 Å². The molecular weight excluding hydrogens is 216 g/mol. The lowest BCUT2D eigenvalue weighted by Gasteiger charge is -2.12. The number of carbonyl (C=O) groups is 1. The van der Waals surface area contributed by atoms with E-state index in [1.54, 1.807) is 10.9 Å². The fourth-order valence-electron chi connectivity index (χ4n) is 1.65. The Balaban J connectivity index is 2.59. The van der Waals surface area contributed by atoms with Crippen LogP contribution in [0.2, 0.25) is 0 Å². The number of nitrogens with one attached hydrogen (secondary N) is 1. The highest BCUT2D eigenvalue weighted by Gasteiger charge is 2.16. The van der Waals surface area contributed by atoms with Gasteiger partial charge in [-0.2, -0.15) is 5.10 Å². The number of hydrogen-bond donors (Lipinski definition) is 2. The van der Waals surface area contributed by atoms with Crippen molar-refractivity contribution in [2.75, 3.05) is 5.73 Å². The third kappa shape index (κ3) is 3.76. The van der Waals surface area contributed by atoms with E-state index in [4.69, 9.17) is 5.73 Å². The first kappa shape index (κ1) is 13.5. The fraction of sp³-hybridized carbons (Fsp3) is 0.667. The van der Waals surface area contributed by atoms with E-state index in [1.165, 1.54) is 0 Å². The van der Waals surface area contributed by atoms with Crippen LogP contribution in [0.25, 0.3) is 0 Å². The Morgan fingerprint density at radius 3 is 2.82 bits per heavy atom. The van der Waals surface area contributed by atoms with Crippen molar-refractivity contribution in [1.82, 2.24) is 15.1 Å². The number of anilines is 1. The van der Waals surface area contributed by atoms with Crippen LogP contribution in [0, 0.1) is 0 Å². The summed E-state index contributed by atoms with van der Waals surface area (Å²) in [5.74, 6) is -0.182. The minimum absolute atomic E-state index is 0.161. The van der Waals surface area contributed by atoms with Gasteiger partial charge in [0.1, 0.15) is 0 Å². The van der Waals surface area contributed by atoms with Crippen molar-refractivity contribution in [3.8, 4) is 0 Å². The number of nitrogens with zero attached hydrogens (tertiary/aromatic N) is 2. The Morgan fingerprint density at radius 2 is 2.29 bits per heavy atom. The number of nitrogen functional groups attached to an aromatic ring is 1. The molecule has 0 fully saturated rings. The lowest BCUT2D eigenvalue weighted by Crippen LogP contribution is -2.33. The molecular formula is C12H22N4O. The first-order chi connectivity index (χ1) is 8.08. The van der Waals surface area contributed by atoms with Gasteiger partial charge < -0.3 is 11.1 Å². The molecule has 0 aromatic carbocycles. The summed E-state index contributed by atoms with van der Waals surface area (Å²) < 4.78 is 1.67. The zero-order valence-corrected chi connectivity index (χ0v) is 10.9. The monoisotopic (exact) mass is 238 g/mol. The SMILES string of the molecule is CCCCC(C)NC(=O)c1nn(CC)cc1N. The summed E-state index contributed by atoms with van der Waals surface area (Å²) in [4.78, 5) is 11.9. The van der Waals surface area contributed by atoms with E-state index in [0.29, 0.717) is 17.9 Å². The van der Waals surface area contributed by atoms with Crippen molar-refractivity contribution >= 4 is 11.6 Å². The molecule has 0 saturated carbocycles. The van der Waals surface area contributed by atoms with Gasteiger partial charge in [-0.05, 0) is 20.3 Å². The largest absolute Gasteiger partial charge is 0.396 e. The standard InChI is InChI=1S/C12H22N4O/c1-4-6-7-9(3)14-12(17)11-10(13)8-16(5-2)15-11/h8-9H,4-7,13H2,1-3H3,(H,14,17). The maximum absolute atomic E-state index is 11.9. The predicted molar refractivity (Wildman–Crippen MR) is 68.8 cm³/mol. The number of aryl methyl sites for hydroxylation is 1. The molecule has 96 valence electrons. The van der Waals surface area contributed by atoms with Crippen molar-refractivity contribution in [2.24, 2.45) is 0 Å². The first-order valence-electron chi connectivity index (χ1n) is 6.22. The molecule has 0 aliphatic heterocycles. The van der Waals surface area contributed by atoms with Gasteiger partial charge in [-0.25, -0.2) is 0 Å². The quantitative estimate of drug-likeness (QED) is 0.793. The molecule has 0 bridgehead atoms. The van der Waals surface area contributed by atoms with Crippen LogP contribution in [0.15, 0.2) is 6.20 Å². The molecule has 5 heteroatoms. The average molecular weight is 238 g/mol. The average Bonchev–Trinajstić information content (AvgIpc) is 2.68. The minimum atomic E-state index is -0.182. The van der Waals surface area contributed by atoms with Gasteiger partial charge in [-0.3, -0.25) is 9.48 Å². The molecule has 1 rings (SSSR count). The van der Waals surface area contributed by atoms with Gasteiger partial charge >= 0.3 is 0 Å². The number of aromatic nitrogens is 2. The maximum Gasteiger partial charge on any atom is 0.274 e. The van der Waals surface area contributed by atoms with E-state index >= 15 is 0 Å². The molecule has 0 radical (unpaired) electrons.